The first kappa shape index (κ1) is 5.45. The van der Waals surface area contributed by atoms with E-state index >= 15 is 0 Å². The first-order chi connectivity index (χ1) is 4.41. The lowest BCUT2D eigenvalue weighted by molar-refractivity contribution is 0.181. The van der Waals surface area contributed by atoms with Crippen LogP contribution in [0.25, 0.3) is 0 Å². The Morgan fingerprint density at radius 1 is 1.56 bits per heavy atom. The van der Waals surface area contributed by atoms with E-state index in [1.165, 1.54) is 0 Å². The van der Waals surface area contributed by atoms with Crippen molar-refractivity contribution in [3.8, 4) is 0 Å². The zero-order chi connectivity index (χ0) is 6.16. The summed E-state index contributed by atoms with van der Waals surface area (Å²) < 4.78 is 5.27. The zero-order valence-corrected chi connectivity index (χ0v) is 5.39. The van der Waals surface area contributed by atoms with Crippen LogP contribution in [0.4, 0.5) is 0 Å². The summed E-state index contributed by atoms with van der Waals surface area (Å²) in [6.07, 6.45) is 5.55. The summed E-state index contributed by atoms with van der Waals surface area (Å²) >= 11 is 0. The van der Waals surface area contributed by atoms with Gasteiger partial charge in [-0.1, -0.05) is 12.2 Å². The molecule has 2 heteroatoms. The molecule has 2 nitrogen and oxygen atoms in total. The highest BCUT2D eigenvalue weighted by Gasteiger charge is 2.33. The monoisotopic (exact) mass is 125 g/mol. The van der Waals surface area contributed by atoms with Crippen molar-refractivity contribution in [3.05, 3.63) is 12.2 Å². The Morgan fingerprint density at radius 3 is 3.11 bits per heavy atom. The van der Waals surface area contributed by atoms with Gasteiger partial charge in [-0.2, -0.15) is 0 Å². The van der Waals surface area contributed by atoms with Crippen molar-refractivity contribution >= 4 is 0 Å². The van der Waals surface area contributed by atoms with Gasteiger partial charge in [0, 0.05) is 13.2 Å². The van der Waals surface area contributed by atoms with Gasteiger partial charge in [-0.25, -0.2) is 0 Å². The minimum atomic E-state index is 0.236. The molecule has 2 aliphatic heterocycles. The van der Waals surface area contributed by atoms with Crippen molar-refractivity contribution in [2.45, 2.75) is 12.0 Å². The second-order valence-corrected chi connectivity index (χ2v) is 2.74. The largest absolute Gasteiger partial charge is 0.379 e. The minimum Gasteiger partial charge on any atom is -0.379 e. The van der Waals surface area contributed by atoms with Gasteiger partial charge in [-0.05, 0) is 6.42 Å². The number of hydrogen-bond acceptors (Lipinski definition) is 2. The maximum atomic E-state index is 5.27. The van der Waals surface area contributed by atoms with E-state index in [2.05, 4.69) is 17.5 Å². The maximum absolute atomic E-state index is 5.27. The SMILES string of the molecule is C1=CC2(CCOC2)NC1. The van der Waals surface area contributed by atoms with E-state index < -0.39 is 0 Å². The average molecular weight is 125 g/mol. The third-order valence-electron chi connectivity index (χ3n) is 2.06. The lowest BCUT2D eigenvalue weighted by Gasteiger charge is -2.18. The van der Waals surface area contributed by atoms with Gasteiger partial charge in [-0.3, -0.25) is 0 Å². The van der Waals surface area contributed by atoms with Crippen LogP contribution in [0.1, 0.15) is 6.42 Å². The van der Waals surface area contributed by atoms with Crippen LogP contribution < -0.4 is 5.32 Å². The van der Waals surface area contributed by atoms with Crippen LogP contribution in [0.5, 0.6) is 0 Å². The Labute approximate surface area is 54.9 Å². The van der Waals surface area contributed by atoms with Crippen LogP contribution in [0.2, 0.25) is 0 Å². The molecular weight excluding hydrogens is 114 g/mol. The molecule has 1 spiro atoms. The fraction of sp³-hybridized carbons (Fsp3) is 0.714. The molecule has 0 aromatic heterocycles. The molecule has 9 heavy (non-hydrogen) atoms. The molecule has 0 radical (unpaired) electrons. The molecule has 1 N–H and O–H groups in total. The minimum absolute atomic E-state index is 0.236. The Bertz CT molecular complexity index is 136. The van der Waals surface area contributed by atoms with Gasteiger partial charge in [0.05, 0.1) is 12.1 Å². The summed E-state index contributed by atoms with van der Waals surface area (Å²) in [4.78, 5) is 0. The van der Waals surface area contributed by atoms with Crippen LogP contribution in [0, 0.1) is 0 Å². The van der Waals surface area contributed by atoms with E-state index in [-0.39, 0.29) is 5.54 Å². The highest BCUT2D eigenvalue weighted by Crippen LogP contribution is 2.22. The average Bonchev–Trinajstić information content (AvgIpc) is 2.45. The Hall–Kier alpha value is -0.340. The van der Waals surface area contributed by atoms with Crippen molar-refractivity contribution in [1.82, 2.24) is 5.32 Å². The van der Waals surface area contributed by atoms with Gasteiger partial charge in [0.25, 0.3) is 0 Å². The second kappa shape index (κ2) is 1.82. The van der Waals surface area contributed by atoms with Gasteiger partial charge in [0.2, 0.25) is 0 Å². The predicted molar refractivity (Wildman–Crippen MR) is 35.3 cm³/mol. The number of hydrogen-bond donors (Lipinski definition) is 1. The molecule has 0 aromatic rings. The fourth-order valence-corrected chi connectivity index (χ4v) is 1.46. The van der Waals surface area contributed by atoms with Crippen molar-refractivity contribution in [2.75, 3.05) is 19.8 Å². The zero-order valence-electron chi connectivity index (χ0n) is 5.39. The quantitative estimate of drug-likeness (QED) is 0.470. The lowest BCUT2D eigenvalue weighted by Crippen LogP contribution is -2.39. The topological polar surface area (TPSA) is 21.3 Å². The molecule has 2 rings (SSSR count). The van der Waals surface area contributed by atoms with Gasteiger partial charge in [0.15, 0.2) is 0 Å². The van der Waals surface area contributed by atoms with Crippen molar-refractivity contribution in [3.63, 3.8) is 0 Å². The third-order valence-corrected chi connectivity index (χ3v) is 2.06. The molecule has 0 saturated carbocycles. The summed E-state index contributed by atoms with van der Waals surface area (Å²) in [7, 11) is 0. The van der Waals surface area contributed by atoms with Crippen molar-refractivity contribution in [2.24, 2.45) is 0 Å². The molecule has 1 fully saturated rings. The fourth-order valence-electron chi connectivity index (χ4n) is 1.46. The molecule has 1 saturated heterocycles. The second-order valence-electron chi connectivity index (χ2n) is 2.74. The van der Waals surface area contributed by atoms with E-state index in [1.807, 2.05) is 0 Å². The van der Waals surface area contributed by atoms with Gasteiger partial charge in [-0.15, -0.1) is 0 Å². The lowest BCUT2D eigenvalue weighted by atomic mass is 10.0. The van der Waals surface area contributed by atoms with Crippen molar-refractivity contribution < 1.29 is 4.74 Å². The summed E-state index contributed by atoms with van der Waals surface area (Å²) in [5, 5.41) is 3.40. The standard InChI is InChI=1S/C7H11NO/c1-2-7(8-4-1)3-5-9-6-7/h1-2,8H,3-6H2. The van der Waals surface area contributed by atoms with E-state index in [0.29, 0.717) is 0 Å². The highest BCUT2D eigenvalue weighted by atomic mass is 16.5. The summed E-state index contributed by atoms with van der Waals surface area (Å²) in [5.41, 5.74) is 0.236. The van der Waals surface area contributed by atoms with Crippen LogP contribution >= 0.6 is 0 Å². The van der Waals surface area contributed by atoms with E-state index in [4.69, 9.17) is 4.74 Å². The molecule has 1 atom stereocenters. The van der Waals surface area contributed by atoms with Crippen molar-refractivity contribution in [1.29, 1.82) is 0 Å². The molecule has 0 aromatic carbocycles. The predicted octanol–water partition coefficient (Wildman–Crippen LogP) is 0.305. The molecule has 2 aliphatic rings. The number of nitrogens with one attached hydrogen (secondary N) is 1. The Balaban J connectivity index is 2.13. The summed E-state index contributed by atoms with van der Waals surface area (Å²) in [5.74, 6) is 0. The summed E-state index contributed by atoms with van der Waals surface area (Å²) in [6.45, 7) is 2.80. The molecule has 50 valence electrons. The Kier molecular flexibility index (Phi) is 1.10. The Morgan fingerprint density at radius 2 is 2.56 bits per heavy atom. The first-order valence-corrected chi connectivity index (χ1v) is 3.42. The molecule has 0 amide bonds. The van der Waals surface area contributed by atoms with Gasteiger partial charge < -0.3 is 10.1 Å². The van der Waals surface area contributed by atoms with Crippen LogP contribution in [0.3, 0.4) is 0 Å². The van der Waals surface area contributed by atoms with Gasteiger partial charge >= 0.3 is 0 Å². The van der Waals surface area contributed by atoms with Crippen LogP contribution in [-0.2, 0) is 4.74 Å². The maximum Gasteiger partial charge on any atom is 0.0685 e. The molecular formula is C7H11NO. The number of ether oxygens (including phenoxy) is 1. The normalized spacial score (nSPS) is 40.9. The van der Waals surface area contributed by atoms with E-state index in [1.54, 1.807) is 0 Å². The third kappa shape index (κ3) is 0.787. The molecule has 1 unspecified atom stereocenters. The highest BCUT2D eigenvalue weighted by molar-refractivity contribution is 5.15. The number of rotatable bonds is 0. The van der Waals surface area contributed by atoms with Crippen LogP contribution in [-0.4, -0.2) is 25.3 Å². The smallest absolute Gasteiger partial charge is 0.0685 e. The van der Waals surface area contributed by atoms with E-state index in [0.717, 1.165) is 26.2 Å². The van der Waals surface area contributed by atoms with Crippen LogP contribution in [0.15, 0.2) is 12.2 Å². The van der Waals surface area contributed by atoms with Gasteiger partial charge in [0.1, 0.15) is 0 Å². The van der Waals surface area contributed by atoms with E-state index in [9.17, 15) is 0 Å². The molecule has 0 bridgehead atoms. The first-order valence-electron chi connectivity index (χ1n) is 3.42. The molecule has 0 aliphatic carbocycles. The molecule has 2 heterocycles. The summed E-state index contributed by atoms with van der Waals surface area (Å²) in [6, 6.07) is 0.